The Labute approximate surface area is 235 Å². The first-order chi connectivity index (χ1) is 18.9. The molecule has 6 nitrogen and oxygen atoms in total. The second-order valence-electron chi connectivity index (χ2n) is 12.1. The predicted molar refractivity (Wildman–Crippen MR) is 159 cm³/mol. The second-order valence-corrected chi connectivity index (χ2v) is 12.1. The topological polar surface area (TPSA) is 73.5 Å². The number of likely N-dealkylation sites (tertiary alicyclic amines) is 1. The lowest BCUT2D eigenvalue weighted by Gasteiger charge is -2.43. The highest BCUT2D eigenvalue weighted by Gasteiger charge is 2.44. The van der Waals surface area contributed by atoms with Crippen LogP contribution in [-0.2, 0) is 9.59 Å². The molecule has 0 spiro atoms. The van der Waals surface area contributed by atoms with Crippen LogP contribution in [0.2, 0.25) is 0 Å². The van der Waals surface area contributed by atoms with Gasteiger partial charge in [0.2, 0.25) is 11.8 Å². The van der Waals surface area contributed by atoms with E-state index in [-0.39, 0.29) is 23.8 Å². The number of benzene rings is 2. The minimum Gasteiger partial charge on any atom is -0.354 e. The molecule has 0 aromatic heterocycles. The molecule has 39 heavy (non-hydrogen) atoms. The van der Waals surface area contributed by atoms with Gasteiger partial charge in [-0.3, -0.25) is 14.9 Å². The number of carbonyl (C=O) groups is 2. The van der Waals surface area contributed by atoms with Crippen LogP contribution in [0.3, 0.4) is 0 Å². The molecule has 3 N–H and O–H groups in total. The maximum atomic E-state index is 13.9. The highest BCUT2D eigenvalue weighted by Crippen LogP contribution is 2.27. The van der Waals surface area contributed by atoms with Gasteiger partial charge in [0.25, 0.3) is 0 Å². The lowest BCUT2D eigenvalue weighted by Crippen LogP contribution is -2.66. The summed E-state index contributed by atoms with van der Waals surface area (Å²) in [5.74, 6) is 0.430. The Balaban J connectivity index is 1.50. The molecule has 2 fully saturated rings. The fraction of sp³-hybridized carbons (Fsp3) is 0.576. The number of amides is 2. The van der Waals surface area contributed by atoms with Crippen molar-refractivity contribution in [3.8, 4) is 0 Å². The third-order valence-electron chi connectivity index (χ3n) is 8.57. The van der Waals surface area contributed by atoms with E-state index >= 15 is 0 Å². The summed E-state index contributed by atoms with van der Waals surface area (Å²) >= 11 is 0. The second kappa shape index (κ2) is 14.1. The van der Waals surface area contributed by atoms with E-state index in [0.717, 1.165) is 25.9 Å². The van der Waals surface area contributed by atoms with Crippen LogP contribution in [0.4, 0.5) is 0 Å². The molecule has 2 aromatic rings. The van der Waals surface area contributed by atoms with E-state index in [1.807, 2.05) is 36.4 Å². The molecule has 4 rings (SSSR count). The van der Waals surface area contributed by atoms with Gasteiger partial charge in [-0.25, -0.2) is 0 Å². The van der Waals surface area contributed by atoms with Crippen molar-refractivity contribution in [1.82, 2.24) is 20.9 Å². The van der Waals surface area contributed by atoms with Crippen molar-refractivity contribution in [1.29, 1.82) is 0 Å². The molecule has 212 valence electrons. The van der Waals surface area contributed by atoms with Crippen molar-refractivity contribution >= 4 is 11.8 Å². The van der Waals surface area contributed by atoms with Crippen LogP contribution in [-0.4, -0.2) is 61.0 Å². The Morgan fingerprint density at radius 3 is 2.00 bits per heavy atom. The molecule has 6 heteroatoms. The Hall–Kier alpha value is -2.70. The van der Waals surface area contributed by atoms with Crippen molar-refractivity contribution in [3.63, 3.8) is 0 Å². The lowest BCUT2D eigenvalue weighted by atomic mass is 9.83. The lowest BCUT2D eigenvalue weighted by molar-refractivity contribution is -0.132. The van der Waals surface area contributed by atoms with Gasteiger partial charge in [-0.05, 0) is 56.2 Å². The molecule has 2 aromatic carbocycles. The SMILES string of the molecule is CC(C)C[C@H](NC1(C(=O)NC2CCCCC2)CCN(C)CC1)C(=O)NCC(c1ccccc1)c1ccccc1. The monoisotopic (exact) mass is 532 g/mol. The molecule has 1 saturated heterocycles. The van der Waals surface area contributed by atoms with E-state index in [1.54, 1.807) is 0 Å². The first-order valence-corrected chi connectivity index (χ1v) is 15.0. The Bertz CT molecular complexity index is 989. The maximum Gasteiger partial charge on any atom is 0.240 e. The van der Waals surface area contributed by atoms with Gasteiger partial charge >= 0.3 is 0 Å². The van der Waals surface area contributed by atoms with Gasteiger partial charge in [-0.2, -0.15) is 0 Å². The number of hydrogen-bond donors (Lipinski definition) is 3. The van der Waals surface area contributed by atoms with Gasteiger partial charge in [0.05, 0.1) is 6.04 Å². The van der Waals surface area contributed by atoms with E-state index in [4.69, 9.17) is 0 Å². The zero-order chi connectivity index (χ0) is 27.7. The molecule has 2 aliphatic rings. The van der Waals surface area contributed by atoms with E-state index in [2.05, 4.69) is 66.0 Å². The van der Waals surface area contributed by atoms with E-state index in [0.29, 0.717) is 31.7 Å². The fourth-order valence-corrected chi connectivity index (χ4v) is 6.17. The number of nitrogens with one attached hydrogen (secondary N) is 3. The van der Waals surface area contributed by atoms with E-state index < -0.39 is 11.6 Å². The zero-order valence-electron chi connectivity index (χ0n) is 24.1. The third-order valence-corrected chi connectivity index (χ3v) is 8.57. The van der Waals surface area contributed by atoms with Gasteiger partial charge in [0.1, 0.15) is 5.54 Å². The van der Waals surface area contributed by atoms with Crippen molar-refractivity contribution < 1.29 is 9.59 Å². The number of hydrogen-bond acceptors (Lipinski definition) is 4. The quantitative estimate of drug-likeness (QED) is 0.387. The molecule has 0 radical (unpaired) electrons. The molecular weight excluding hydrogens is 484 g/mol. The van der Waals surface area contributed by atoms with E-state index in [1.165, 1.54) is 30.4 Å². The number of rotatable bonds is 11. The van der Waals surface area contributed by atoms with Crippen LogP contribution in [0.15, 0.2) is 60.7 Å². The first kappa shape index (κ1) is 29.3. The number of nitrogens with zero attached hydrogens (tertiary/aromatic N) is 1. The summed E-state index contributed by atoms with van der Waals surface area (Å²) < 4.78 is 0. The largest absolute Gasteiger partial charge is 0.354 e. The van der Waals surface area contributed by atoms with E-state index in [9.17, 15) is 9.59 Å². The normalized spacial score (nSPS) is 19.1. The van der Waals surface area contributed by atoms with Gasteiger partial charge in [0.15, 0.2) is 0 Å². The van der Waals surface area contributed by atoms with Crippen molar-refractivity contribution in [2.75, 3.05) is 26.7 Å². The summed E-state index contributed by atoms with van der Waals surface area (Å²) in [5, 5.41) is 10.3. The summed E-state index contributed by atoms with van der Waals surface area (Å²) in [4.78, 5) is 29.9. The molecule has 0 bridgehead atoms. The van der Waals surface area contributed by atoms with Crippen molar-refractivity contribution in [2.45, 2.75) is 88.8 Å². The highest BCUT2D eigenvalue weighted by atomic mass is 16.2. The predicted octanol–water partition coefficient (Wildman–Crippen LogP) is 4.85. The molecular formula is C33H48N4O2. The average Bonchev–Trinajstić information content (AvgIpc) is 2.95. The molecule has 1 aliphatic carbocycles. The average molecular weight is 533 g/mol. The fourth-order valence-electron chi connectivity index (χ4n) is 6.17. The maximum absolute atomic E-state index is 13.9. The van der Waals surface area contributed by atoms with Crippen LogP contribution in [0.25, 0.3) is 0 Å². The van der Waals surface area contributed by atoms with Crippen LogP contribution >= 0.6 is 0 Å². The summed E-state index contributed by atoms with van der Waals surface area (Å²) in [7, 11) is 2.11. The van der Waals surface area contributed by atoms with Crippen LogP contribution < -0.4 is 16.0 Å². The van der Waals surface area contributed by atoms with Crippen LogP contribution in [0.5, 0.6) is 0 Å². The van der Waals surface area contributed by atoms with Crippen molar-refractivity contribution in [3.05, 3.63) is 71.8 Å². The standard InChI is InChI=1S/C33H48N4O2/c1-25(2)23-30(31(38)34-24-29(26-13-7-4-8-14-26)27-15-9-5-10-16-27)36-33(19-21-37(3)22-20-33)32(39)35-28-17-11-6-12-18-28/h4-5,7-10,13-16,25,28-30,36H,6,11-12,17-24H2,1-3H3,(H,34,38)(H,35,39)/t30-/m0/s1. The van der Waals surface area contributed by atoms with Gasteiger partial charge in [-0.15, -0.1) is 0 Å². The first-order valence-electron chi connectivity index (χ1n) is 15.0. The minimum atomic E-state index is -0.723. The molecule has 2 amide bonds. The van der Waals surface area contributed by atoms with Gasteiger partial charge < -0.3 is 15.5 Å². The third kappa shape index (κ3) is 8.15. The molecule has 1 heterocycles. The highest BCUT2D eigenvalue weighted by molar-refractivity contribution is 5.89. The Kier molecular flexibility index (Phi) is 10.6. The summed E-state index contributed by atoms with van der Waals surface area (Å²) in [6.07, 6.45) is 7.82. The molecule has 1 aliphatic heterocycles. The smallest absolute Gasteiger partial charge is 0.240 e. The van der Waals surface area contributed by atoms with Crippen LogP contribution in [0, 0.1) is 5.92 Å². The summed E-state index contributed by atoms with van der Waals surface area (Å²) in [6.45, 7) is 6.47. The Morgan fingerprint density at radius 2 is 1.46 bits per heavy atom. The number of piperidine rings is 1. The molecule has 0 unspecified atom stereocenters. The number of carbonyl (C=O) groups excluding carboxylic acids is 2. The molecule has 1 atom stereocenters. The summed E-state index contributed by atoms with van der Waals surface area (Å²) in [5.41, 5.74) is 1.63. The molecule has 1 saturated carbocycles. The Morgan fingerprint density at radius 1 is 0.897 bits per heavy atom. The summed E-state index contributed by atoms with van der Waals surface area (Å²) in [6, 6.07) is 20.5. The van der Waals surface area contributed by atoms with Crippen LogP contribution in [0.1, 0.15) is 82.3 Å². The van der Waals surface area contributed by atoms with Gasteiger partial charge in [-0.1, -0.05) is 93.8 Å². The zero-order valence-corrected chi connectivity index (χ0v) is 24.1. The minimum absolute atomic E-state index is 0.0238. The van der Waals surface area contributed by atoms with Gasteiger partial charge in [0, 0.05) is 31.6 Å². The van der Waals surface area contributed by atoms with Crippen molar-refractivity contribution in [2.24, 2.45) is 5.92 Å².